The summed E-state index contributed by atoms with van der Waals surface area (Å²) in [7, 11) is 1.66. The summed E-state index contributed by atoms with van der Waals surface area (Å²) in [6.45, 7) is 1.91. The predicted octanol–water partition coefficient (Wildman–Crippen LogP) is 1.28. The molecule has 1 atom stereocenters. The molecule has 17 heavy (non-hydrogen) atoms. The quantitative estimate of drug-likeness (QED) is 0.685. The Hall–Kier alpha value is -1.26. The first-order chi connectivity index (χ1) is 8.25. The molecule has 1 saturated heterocycles. The lowest BCUT2D eigenvalue weighted by molar-refractivity contribution is 0.0873. The summed E-state index contributed by atoms with van der Waals surface area (Å²) < 4.78 is 5.22. The van der Waals surface area contributed by atoms with Crippen LogP contribution in [0.25, 0.3) is 0 Å². The number of methoxy groups -OCH3 is 1. The molecule has 0 bridgehead atoms. The molecule has 1 unspecified atom stereocenters. The Labute approximate surface area is 101 Å². The molecule has 2 aliphatic heterocycles. The number of piperidine rings is 1. The molecule has 2 aliphatic rings. The highest BCUT2D eigenvalue weighted by Gasteiger charge is 2.45. The van der Waals surface area contributed by atoms with Crippen LogP contribution in [0.15, 0.2) is 18.2 Å². The molecule has 92 valence electrons. The van der Waals surface area contributed by atoms with Gasteiger partial charge in [0.2, 0.25) is 0 Å². The van der Waals surface area contributed by atoms with Crippen molar-refractivity contribution >= 4 is 5.69 Å². The van der Waals surface area contributed by atoms with E-state index < -0.39 is 6.10 Å². The zero-order chi connectivity index (χ0) is 11.9. The third kappa shape index (κ3) is 1.59. The highest BCUT2D eigenvalue weighted by molar-refractivity contribution is 5.63. The molecule has 4 nitrogen and oxygen atoms in total. The summed E-state index contributed by atoms with van der Waals surface area (Å²) in [5, 5.41) is 17.3. The molecule has 1 fully saturated rings. The Balaban J connectivity index is 1.95. The number of ether oxygens (including phenoxy) is 1. The van der Waals surface area contributed by atoms with Crippen molar-refractivity contribution in [3.63, 3.8) is 0 Å². The number of anilines is 1. The topological polar surface area (TPSA) is 53.5 Å². The van der Waals surface area contributed by atoms with E-state index in [1.807, 2.05) is 18.2 Å². The predicted molar refractivity (Wildman–Crippen MR) is 66.4 cm³/mol. The number of hydrogen-bond donors (Lipinski definition) is 3. The Morgan fingerprint density at radius 1 is 1.35 bits per heavy atom. The lowest BCUT2D eigenvalue weighted by atomic mass is 9.83. The third-order valence-electron chi connectivity index (χ3n) is 3.96. The van der Waals surface area contributed by atoms with E-state index in [0.29, 0.717) is 0 Å². The van der Waals surface area contributed by atoms with Gasteiger partial charge < -0.3 is 20.5 Å². The summed E-state index contributed by atoms with van der Waals surface area (Å²) in [5.41, 5.74) is 1.83. The maximum absolute atomic E-state index is 10.5. The molecular formula is C13H18N2O2. The van der Waals surface area contributed by atoms with Crippen molar-refractivity contribution in [3.8, 4) is 5.75 Å². The minimum absolute atomic E-state index is 0.181. The van der Waals surface area contributed by atoms with Gasteiger partial charge in [0.25, 0.3) is 0 Å². The fourth-order valence-corrected chi connectivity index (χ4v) is 2.91. The van der Waals surface area contributed by atoms with Crippen LogP contribution in [0.4, 0.5) is 5.69 Å². The number of hydrogen-bond acceptors (Lipinski definition) is 4. The van der Waals surface area contributed by atoms with Crippen LogP contribution in [0.5, 0.6) is 5.75 Å². The maximum atomic E-state index is 10.5. The molecule has 0 aliphatic carbocycles. The van der Waals surface area contributed by atoms with Crippen molar-refractivity contribution in [2.45, 2.75) is 24.5 Å². The second-order valence-electron chi connectivity index (χ2n) is 4.89. The minimum atomic E-state index is -0.412. The fourth-order valence-electron chi connectivity index (χ4n) is 2.91. The van der Waals surface area contributed by atoms with E-state index in [0.717, 1.165) is 42.9 Å². The van der Waals surface area contributed by atoms with E-state index in [1.54, 1.807) is 7.11 Å². The Morgan fingerprint density at radius 3 is 2.82 bits per heavy atom. The van der Waals surface area contributed by atoms with Gasteiger partial charge in [0.15, 0.2) is 0 Å². The molecule has 4 heteroatoms. The lowest BCUT2D eigenvalue weighted by Gasteiger charge is -2.37. The number of fused-ring (bicyclic) bond motifs is 1. The van der Waals surface area contributed by atoms with Gasteiger partial charge in [-0.15, -0.1) is 0 Å². The van der Waals surface area contributed by atoms with Crippen molar-refractivity contribution in [3.05, 3.63) is 23.8 Å². The molecule has 3 N–H and O–H groups in total. The molecule has 2 heterocycles. The minimum Gasteiger partial charge on any atom is -0.497 e. The van der Waals surface area contributed by atoms with E-state index in [-0.39, 0.29) is 5.54 Å². The average Bonchev–Trinajstić information content (AvgIpc) is 2.63. The third-order valence-corrected chi connectivity index (χ3v) is 3.96. The van der Waals surface area contributed by atoms with Crippen molar-refractivity contribution in [1.82, 2.24) is 5.32 Å². The molecule has 3 rings (SSSR count). The van der Waals surface area contributed by atoms with Crippen molar-refractivity contribution < 1.29 is 9.84 Å². The van der Waals surface area contributed by atoms with Crippen LogP contribution in [0.2, 0.25) is 0 Å². The molecule has 0 aromatic heterocycles. The average molecular weight is 234 g/mol. The lowest BCUT2D eigenvalue weighted by Crippen LogP contribution is -2.48. The number of benzene rings is 1. The highest BCUT2D eigenvalue weighted by atomic mass is 16.5. The molecule has 0 amide bonds. The van der Waals surface area contributed by atoms with Gasteiger partial charge in [0, 0.05) is 17.3 Å². The van der Waals surface area contributed by atoms with E-state index in [2.05, 4.69) is 10.6 Å². The van der Waals surface area contributed by atoms with Gasteiger partial charge in [-0.25, -0.2) is 0 Å². The molecule has 1 aromatic carbocycles. The second-order valence-corrected chi connectivity index (χ2v) is 4.89. The van der Waals surface area contributed by atoms with Gasteiger partial charge in [0.1, 0.15) is 11.9 Å². The fraction of sp³-hybridized carbons (Fsp3) is 0.538. The number of nitrogens with one attached hydrogen (secondary N) is 2. The first kappa shape index (κ1) is 10.9. The van der Waals surface area contributed by atoms with Gasteiger partial charge >= 0.3 is 0 Å². The van der Waals surface area contributed by atoms with Gasteiger partial charge in [0.05, 0.1) is 12.6 Å². The normalized spacial score (nSPS) is 25.4. The SMILES string of the molecule is COc1ccc2c(c1)NC1(CCNCC1)C2O. The maximum Gasteiger partial charge on any atom is 0.120 e. The smallest absolute Gasteiger partial charge is 0.120 e. The van der Waals surface area contributed by atoms with E-state index >= 15 is 0 Å². The summed E-state index contributed by atoms with van der Waals surface area (Å²) >= 11 is 0. The molecule has 0 radical (unpaired) electrons. The summed E-state index contributed by atoms with van der Waals surface area (Å²) in [6.07, 6.45) is 1.49. The van der Waals surface area contributed by atoms with Crippen LogP contribution < -0.4 is 15.4 Å². The van der Waals surface area contributed by atoms with Crippen LogP contribution in [0.1, 0.15) is 24.5 Å². The Bertz CT molecular complexity index is 427. The second kappa shape index (κ2) is 3.89. The van der Waals surface area contributed by atoms with Gasteiger partial charge in [-0.1, -0.05) is 6.07 Å². The number of rotatable bonds is 1. The van der Waals surface area contributed by atoms with Crippen molar-refractivity contribution in [1.29, 1.82) is 0 Å². The zero-order valence-corrected chi connectivity index (χ0v) is 9.99. The summed E-state index contributed by atoms with van der Waals surface area (Å²) in [6, 6.07) is 5.84. The van der Waals surface area contributed by atoms with E-state index in [9.17, 15) is 5.11 Å². The zero-order valence-electron chi connectivity index (χ0n) is 9.99. The van der Waals surface area contributed by atoms with Crippen molar-refractivity contribution in [2.24, 2.45) is 0 Å². The summed E-state index contributed by atoms with van der Waals surface area (Å²) in [4.78, 5) is 0. The number of aliphatic hydroxyl groups is 1. The molecule has 1 aromatic rings. The van der Waals surface area contributed by atoms with Crippen LogP contribution in [0, 0.1) is 0 Å². The van der Waals surface area contributed by atoms with Crippen LogP contribution >= 0.6 is 0 Å². The monoisotopic (exact) mass is 234 g/mol. The first-order valence-electron chi connectivity index (χ1n) is 6.10. The number of aliphatic hydroxyl groups excluding tert-OH is 1. The van der Waals surface area contributed by atoms with Crippen molar-refractivity contribution in [2.75, 3.05) is 25.5 Å². The molecular weight excluding hydrogens is 216 g/mol. The first-order valence-corrected chi connectivity index (χ1v) is 6.10. The van der Waals surface area contributed by atoms with Gasteiger partial charge in [-0.3, -0.25) is 0 Å². The summed E-state index contributed by atoms with van der Waals surface area (Å²) in [5.74, 6) is 0.828. The standard InChI is InChI=1S/C13H18N2O2/c1-17-9-2-3-10-11(8-9)15-13(12(10)16)4-6-14-7-5-13/h2-3,8,12,14-16H,4-7H2,1H3. The largest absolute Gasteiger partial charge is 0.497 e. The van der Waals surface area contributed by atoms with Crippen LogP contribution in [-0.4, -0.2) is 30.8 Å². The van der Waals surface area contributed by atoms with E-state index in [4.69, 9.17) is 4.74 Å². The van der Waals surface area contributed by atoms with E-state index in [1.165, 1.54) is 0 Å². The Morgan fingerprint density at radius 2 is 2.12 bits per heavy atom. The molecule has 0 saturated carbocycles. The van der Waals surface area contributed by atoms with Crippen LogP contribution in [0.3, 0.4) is 0 Å². The van der Waals surface area contributed by atoms with Crippen LogP contribution in [-0.2, 0) is 0 Å². The van der Waals surface area contributed by atoms with Gasteiger partial charge in [-0.05, 0) is 32.0 Å². The van der Waals surface area contributed by atoms with Gasteiger partial charge in [-0.2, -0.15) is 0 Å². The Kier molecular flexibility index (Phi) is 2.49. The highest BCUT2D eigenvalue weighted by Crippen LogP contribution is 2.46. The molecule has 1 spiro atoms.